The average Bonchev–Trinajstić information content (AvgIpc) is 3.31. The Kier molecular flexibility index (Phi) is 4.70. The number of hydrogen-bond acceptors (Lipinski definition) is 4. The molecule has 1 aliphatic rings. The van der Waals surface area contributed by atoms with Gasteiger partial charge in [0.05, 0.1) is 10.7 Å². The summed E-state index contributed by atoms with van der Waals surface area (Å²) >= 11 is 7.54. The second kappa shape index (κ2) is 7.13. The number of benzene rings is 1. The van der Waals surface area contributed by atoms with E-state index < -0.39 is 0 Å². The molecule has 1 fully saturated rings. The summed E-state index contributed by atoms with van der Waals surface area (Å²) in [5.41, 5.74) is 3.92. The van der Waals surface area contributed by atoms with Crippen molar-refractivity contribution in [3.8, 4) is 11.3 Å². The van der Waals surface area contributed by atoms with Crippen LogP contribution in [0.5, 0.6) is 0 Å². The van der Waals surface area contributed by atoms with E-state index in [0.717, 1.165) is 29.5 Å². The first-order valence-electron chi connectivity index (χ1n) is 8.51. The van der Waals surface area contributed by atoms with Crippen molar-refractivity contribution in [1.82, 2.24) is 14.9 Å². The van der Waals surface area contributed by atoms with E-state index in [1.807, 2.05) is 4.90 Å². The lowest BCUT2D eigenvalue weighted by molar-refractivity contribution is 0.0741. The van der Waals surface area contributed by atoms with Crippen molar-refractivity contribution in [3.05, 3.63) is 58.2 Å². The molecular formula is C19H19ClN4OS. The molecule has 3 heterocycles. The van der Waals surface area contributed by atoms with Gasteiger partial charge in [0.1, 0.15) is 5.69 Å². The molecule has 0 saturated carbocycles. The number of aryl methyl sites for hydroxylation is 1. The number of aromatic nitrogens is 2. The molecule has 1 amide bonds. The van der Waals surface area contributed by atoms with Crippen molar-refractivity contribution in [2.75, 3.05) is 31.1 Å². The van der Waals surface area contributed by atoms with E-state index in [9.17, 15) is 4.79 Å². The first-order valence-corrected chi connectivity index (χ1v) is 9.76. The fourth-order valence-corrected chi connectivity index (χ4v) is 4.08. The van der Waals surface area contributed by atoms with E-state index in [1.54, 1.807) is 23.6 Å². The van der Waals surface area contributed by atoms with Gasteiger partial charge in [-0.1, -0.05) is 41.4 Å². The second-order valence-electron chi connectivity index (χ2n) is 6.39. The topological polar surface area (TPSA) is 52.2 Å². The van der Waals surface area contributed by atoms with Crippen LogP contribution in [0.25, 0.3) is 11.3 Å². The molecule has 1 aromatic carbocycles. The molecule has 0 spiro atoms. The molecular weight excluding hydrogens is 368 g/mol. The Labute approximate surface area is 161 Å². The van der Waals surface area contributed by atoms with Gasteiger partial charge in [-0.2, -0.15) is 0 Å². The van der Waals surface area contributed by atoms with Crippen LogP contribution in [0.15, 0.2) is 41.9 Å². The molecule has 0 unspecified atom stereocenters. The van der Waals surface area contributed by atoms with E-state index in [-0.39, 0.29) is 5.91 Å². The standard InChI is InChI=1S/C19H19ClN4OS/c1-13-2-4-14(5-3-13)17-12-26-19(22-17)24-8-6-23(7-9-24)18(25)16-10-15(20)11-21-16/h2-5,10-12,21H,6-9H2,1H3. The summed E-state index contributed by atoms with van der Waals surface area (Å²) in [6, 6.07) is 10.1. The maximum absolute atomic E-state index is 12.5. The third kappa shape index (κ3) is 3.48. The first kappa shape index (κ1) is 17.1. The molecule has 0 bridgehead atoms. The third-order valence-corrected chi connectivity index (χ3v) is 5.67. The highest BCUT2D eigenvalue weighted by Gasteiger charge is 2.24. The van der Waals surface area contributed by atoms with Crippen LogP contribution in [0.2, 0.25) is 5.02 Å². The van der Waals surface area contributed by atoms with Crippen molar-refractivity contribution < 1.29 is 4.79 Å². The van der Waals surface area contributed by atoms with Gasteiger partial charge >= 0.3 is 0 Å². The van der Waals surface area contributed by atoms with Crippen molar-refractivity contribution in [1.29, 1.82) is 0 Å². The number of aromatic amines is 1. The number of thiazole rings is 1. The Morgan fingerprint density at radius 3 is 2.58 bits per heavy atom. The number of piperazine rings is 1. The number of rotatable bonds is 3. The SMILES string of the molecule is Cc1ccc(-c2csc(N3CCN(C(=O)c4cc(Cl)c[nH]4)CC3)n2)cc1. The first-order chi connectivity index (χ1) is 12.6. The summed E-state index contributed by atoms with van der Waals surface area (Å²) in [4.78, 5) is 24.3. The number of carbonyl (C=O) groups is 1. The van der Waals surface area contributed by atoms with Crippen molar-refractivity contribution in [3.63, 3.8) is 0 Å². The summed E-state index contributed by atoms with van der Waals surface area (Å²) in [6.07, 6.45) is 1.63. The minimum Gasteiger partial charge on any atom is -0.356 e. The van der Waals surface area contributed by atoms with Gasteiger partial charge in [0.2, 0.25) is 0 Å². The van der Waals surface area contributed by atoms with Crippen molar-refractivity contribution in [2.24, 2.45) is 0 Å². The lowest BCUT2D eigenvalue weighted by Crippen LogP contribution is -2.48. The van der Waals surface area contributed by atoms with E-state index in [4.69, 9.17) is 16.6 Å². The van der Waals surface area contributed by atoms with Gasteiger partial charge in [-0.25, -0.2) is 4.98 Å². The zero-order valence-corrected chi connectivity index (χ0v) is 16.0. The predicted octanol–water partition coefficient (Wildman–Crippen LogP) is 4.06. The van der Waals surface area contributed by atoms with Crippen molar-refractivity contribution in [2.45, 2.75) is 6.92 Å². The Morgan fingerprint density at radius 1 is 1.19 bits per heavy atom. The van der Waals surface area contributed by atoms with Crippen LogP contribution < -0.4 is 4.90 Å². The monoisotopic (exact) mass is 386 g/mol. The fraction of sp³-hybridized carbons (Fsp3) is 0.263. The van der Waals surface area contributed by atoms with Crippen LogP contribution in [0, 0.1) is 6.92 Å². The molecule has 0 aliphatic carbocycles. The molecule has 0 radical (unpaired) electrons. The van der Waals surface area contributed by atoms with Crippen molar-refractivity contribution >= 4 is 34.0 Å². The summed E-state index contributed by atoms with van der Waals surface area (Å²) < 4.78 is 0. The number of anilines is 1. The van der Waals surface area contributed by atoms with E-state index in [2.05, 4.69) is 46.5 Å². The maximum atomic E-state index is 12.5. The largest absolute Gasteiger partial charge is 0.356 e. The number of H-pyrrole nitrogens is 1. The lowest BCUT2D eigenvalue weighted by atomic mass is 10.1. The van der Waals surface area contributed by atoms with Gasteiger partial charge in [-0.05, 0) is 13.0 Å². The highest BCUT2D eigenvalue weighted by molar-refractivity contribution is 7.14. The van der Waals surface area contributed by atoms with Gasteiger partial charge in [0.25, 0.3) is 5.91 Å². The van der Waals surface area contributed by atoms with Crippen LogP contribution in [-0.2, 0) is 0 Å². The highest BCUT2D eigenvalue weighted by atomic mass is 35.5. The van der Waals surface area contributed by atoms with Crippen LogP contribution in [-0.4, -0.2) is 47.0 Å². The van der Waals surface area contributed by atoms with E-state index in [0.29, 0.717) is 23.8 Å². The number of halogens is 1. The molecule has 5 nitrogen and oxygen atoms in total. The van der Waals surface area contributed by atoms with E-state index in [1.165, 1.54) is 5.56 Å². The number of nitrogens with zero attached hydrogens (tertiary/aromatic N) is 3. The molecule has 134 valence electrons. The minimum absolute atomic E-state index is 0.00367. The number of carbonyl (C=O) groups excluding carboxylic acids is 1. The zero-order chi connectivity index (χ0) is 18.1. The van der Waals surface area contributed by atoms with Crippen LogP contribution >= 0.6 is 22.9 Å². The summed E-state index contributed by atoms with van der Waals surface area (Å²) in [6.45, 7) is 4.99. The zero-order valence-electron chi connectivity index (χ0n) is 14.4. The third-order valence-electron chi connectivity index (χ3n) is 4.55. The molecule has 1 N–H and O–H groups in total. The minimum atomic E-state index is -0.00367. The summed E-state index contributed by atoms with van der Waals surface area (Å²) in [5.74, 6) is -0.00367. The molecule has 1 saturated heterocycles. The average molecular weight is 387 g/mol. The number of amides is 1. The highest BCUT2D eigenvalue weighted by Crippen LogP contribution is 2.28. The molecule has 4 rings (SSSR count). The van der Waals surface area contributed by atoms with Gasteiger partial charge in [0, 0.05) is 43.3 Å². The summed E-state index contributed by atoms with van der Waals surface area (Å²) in [5, 5.41) is 3.66. The Balaban J connectivity index is 1.40. The van der Waals surface area contributed by atoms with Gasteiger partial charge in [-0.15, -0.1) is 11.3 Å². The smallest absolute Gasteiger partial charge is 0.270 e. The van der Waals surface area contributed by atoms with Gasteiger partial charge < -0.3 is 14.8 Å². The molecule has 3 aromatic rings. The maximum Gasteiger partial charge on any atom is 0.270 e. The predicted molar refractivity (Wildman–Crippen MR) is 106 cm³/mol. The van der Waals surface area contributed by atoms with Crippen LogP contribution in [0.3, 0.4) is 0 Å². The Bertz CT molecular complexity index is 910. The Hall–Kier alpha value is -2.31. The number of hydrogen-bond donors (Lipinski definition) is 1. The Morgan fingerprint density at radius 2 is 1.92 bits per heavy atom. The van der Waals surface area contributed by atoms with Gasteiger partial charge in [-0.3, -0.25) is 4.79 Å². The quantitative estimate of drug-likeness (QED) is 0.738. The molecule has 7 heteroatoms. The van der Waals surface area contributed by atoms with Crippen LogP contribution in [0.1, 0.15) is 16.1 Å². The lowest BCUT2D eigenvalue weighted by Gasteiger charge is -2.34. The fourth-order valence-electron chi connectivity index (χ4n) is 3.03. The summed E-state index contributed by atoms with van der Waals surface area (Å²) in [7, 11) is 0. The van der Waals surface area contributed by atoms with Crippen LogP contribution in [0.4, 0.5) is 5.13 Å². The normalized spacial score (nSPS) is 14.7. The molecule has 2 aromatic heterocycles. The van der Waals surface area contributed by atoms with Gasteiger partial charge in [0.15, 0.2) is 5.13 Å². The molecule has 26 heavy (non-hydrogen) atoms. The second-order valence-corrected chi connectivity index (χ2v) is 7.67. The van der Waals surface area contributed by atoms with E-state index >= 15 is 0 Å². The molecule has 1 aliphatic heterocycles. The molecule has 0 atom stereocenters. The number of nitrogens with one attached hydrogen (secondary N) is 1.